The number of halogens is 1. The standard InChI is InChI=1S/C24H19ClN8O/c1-14-6-7-15(24(34)29-18-5-3-4-17(25)9-18)8-20(14)30-22-19-12-28-33(2)23(19)32-21(31-22)16-10-26-13-27-11-16/h3-13H,1-2H3,(H,29,34)(H,30,31,32). The number of amides is 1. The summed E-state index contributed by atoms with van der Waals surface area (Å²) in [6.07, 6.45) is 6.46. The highest BCUT2D eigenvalue weighted by Crippen LogP contribution is 2.29. The molecule has 2 N–H and O–H groups in total. The third-order valence-electron chi connectivity index (χ3n) is 5.25. The number of carbonyl (C=O) groups is 1. The number of fused-ring (bicyclic) bond motifs is 1. The van der Waals surface area contributed by atoms with Crippen molar-refractivity contribution in [2.75, 3.05) is 10.6 Å². The van der Waals surface area contributed by atoms with Gasteiger partial charge in [0.05, 0.1) is 17.1 Å². The topological polar surface area (TPSA) is 111 Å². The summed E-state index contributed by atoms with van der Waals surface area (Å²) < 4.78 is 1.68. The van der Waals surface area contributed by atoms with Gasteiger partial charge in [-0.2, -0.15) is 5.10 Å². The number of nitrogens with one attached hydrogen (secondary N) is 2. The Balaban J connectivity index is 1.51. The highest BCUT2D eigenvalue weighted by molar-refractivity contribution is 6.31. The van der Waals surface area contributed by atoms with Gasteiger partial charge in [0, 0.05) is 41.4 Å². The first-order valence-corrected chi connectivity index (χ1v) is 10.8. The second-order valence-electron chi connectivity index (χ2n) is 7.65. The van der Waals surface area contributed by atoms with Crippen LogP contribution in [0.1, 0.15) is 15.9 Å². The average molecular weight is 471 g/mol. The minimum absolute atomic E-state index is 0.248. The second-order valence-corrected chi connectivity index (χ2v) is 8.08. The van der Waals surface area contributed by atoms with Crippen LogP contribution in [0.4, 0.5) is 17.2 Å². The maximum Gasteiger partial charge on any atom is 0.255 e. The number of aryl methyl sites for hydroxylation is 2. The first-order valence-electron chi connectivity index (χ1n) is 10.4. The van der Waals surface area contributed by atoms with Crippen molar-refractivity contribution in [1.29, 1.82) is 0 Å². The van der Waals surface area contributed by atoms with Crippen LogP contribution in [0.15, 0.2) is 67.4 Å². The third kappa shape index (κ3) is 4.28. The first-order chi connectivity index (χ1) is 16.5. The van der Waals surface area contributed by atoms with E-state index in [1.807, 2.05) is 20.0 Å². The molecule has 0 aliphatic carbocycles. The van der Waals surface area contributed by atoms with Crippen molar-refractivity contribution in [2.24, 2.45) is 7.05 Å². The van der Waals surface area contributed by atoms with Gasteiger partial charge in [0.25, 0.3) is 5.91 Å². The minimum Gasteiger partial charge on any atom is -0.339 e. The van der Waals surface area contributed by atoms with E-state index in [9.17, 15) is 4.79 Å². The van der Waals surface area contributed by atoms with Crippen molar-refractivity contribution in [3.05, 3.63) is 83.5 Å². The fourth-order valence-electron chi connectivity index (χ4n) is 3.46. The number of anilines is 3. The highest BCUT2D eigenvalue weighted by Gasteiger charge is 2.15. The highest BCUT2D eigenvalue weighted by atomic mass is 35.5. The summed E-state index contributed by atoms with van der Waals surface area (Å²) in [6.45, 7) is 1.95. The zero-order chi connectivity index (χ0) is 23.7. The van der Waals surface area contributed by atoms with Gasteiger partial charge in [-0.15, -0.1) is 0 Å². The van der Waals surface area contributed by atoms with Crippen LogP contribution in [-0.2, 0) is 7.05 Å². The van der Waals surface area contributed by atoms with Crippen molar-refractivity contribution < 1.29 is 4.79 Å². The Morgan fingerprint density at radius 3 is 2.65 bits per heavy atom. The van der Waals surface area contributed by atoms with Gasteiger partial charge in [-0.25, -0.2) is 19.9 Å². The van der Waals surface area contributed by atoms with Gasteiger partial charge < -0.3 is 10.6 Å². The monoisotopic (exact) mass is 470 g/mol. The van der Waals surface area contributed by atoms with E-state index in [-0.39, 0.29) is 5.91 Å². The lowest BCUT2D eigenvalue weighted by Gasteiger charge is -2.13. The molecule has 0 saturated carbocycles. The maximum absolute atomic E-state index is 12.9. The van der Waals surface area contributed by atoms with Crippen LogP contribution in [-0.4, -0.2) is 35.6 Å². The maximum atomic E-state index is 12.9. The second kappa shape index (κ2) is 8.87. The van der Waals surface area contributed by atoms with Crippen LogP contribution in [0, 0.1) is 6.92 Å². The lowest BCUT2D eigenvalue weighted by atomic mass is 10.1. The van der Waals surface area contributed by atoms with Crippen LogP contribution in [0.2, 0.25) is 5.02 Å². The van der Waals surface area contributed by atoms with Crippen LogP contribution < -0.4 is 10.6 Å². The lowest BCUT2D eigenvalue weighted by molar-refractivity contribution is 0.102. The summed E-state index contributed by atoms with van der Waals surface area (Å²) in [5.41, 5.74) is 4.12. The number of aromatic nitrogens is 6. The van der Waals surface area contributed by atoms with Gasteiger partial charge in [0.15, 0.2) is 11.5 Å². The quantitative estimate of drug-likeness (QED) is 0.380. The molecular weight excluding hydrogens is 452 g/mol. The molecule has 0 spiro atoms. The normalized spacial score (nSPS) is 10.9. The van der Waals surface area contributed by atoms with Gasteiger partial charge in [-0.1, -0.05) is 23.7 Å². The zero-order valence-corrected chi connectivity index (χ0v) is 19.1. The predicted molar refractivity (Wildman–Crippen MR) is 131 cm³/mol. The van der Waals surface area contributed by atoms with Gasteiger partial charge in [-0.05, 0) is 42.8 Å². The molecule has 0 aliphatic rings. The largest absolute Gasteiger partial charge is 0.339 e. The predicted octanol–water partition coefficient (Wildman–Crippen LogP) is 4.78. The number of nitrogens with zero attached hydrogens (tertiary/aromatic N) is 6. The summed E-state index contributed by atoms with van der Waals surface area (Å²) in [7, 11) is 1.82. The molecule has 0 atom stereocenters. The molecule has 3 heterocycles. The van der Waals surface area contributed by atoms with Crippen LogP contribution in [0.5, 0.6) is 0 Å². The molecule has 2 aromatic carbocycles. The van der Waals surface area contributed by atoms with Crippen molar-refractivity contribution in [1.82, 2.24) is 29.7 Å². The number of carbonyl (C=O) groups excluding carboxylic acids is 1. The number of benzene rings is 2. The number of hydrogen-bond acceptors (Lipinski definition) is 7. The van der Waals surface area contributed by atoms with E-state index >= 15 is 0 Å². The Morgan fingerprint density at radius 2 is 1.85 bits per heavy atom. The zero-order valence-electron chi connectivity index (χ0n) is 18.3. The van der Waals surface area contributed by atoms with Gasteiger partial charge >= 0.3 is 0 Å². The molecule has 34 heavy (non-hydrogen) atoms. The van der Waals surface area contributed by atoms with E-state index in [1.165, 1.54) is 6.33 Å². The van der Waals surface area contributed by atoms with Gasteiger partial charge in [0.2, 0.25) is 0 Å². The fraction of sp³-hybridized carbons (Fsp3) is 0.0833. The van der Waals surface area contributed by atoms with Gasteiger partial charge in [0.1, 0.15) is 12.1 Å². The van der Waals surface area contributed by atoms with E-state index < -0.39 is 0 Å². The molecule has 0 unspecified atom stereocenters. The van der Waals surface area contributed by atoms with E-state index in [0.29, 0.717) is 39.1 Å². The first kappa shape index (κ1) is 21.5. The van der Waals surface area contributed by atoms with E-state index in [2.05, 4.69) is 30.7 Å². The van der Waals surface area contributed by atoms with Gasteiger partial charge in [-0.3, -0.25) is 9.48 Å². The smallest absolute Gasteiger partial charge is 0.255 e. The summed E-state index contributed by atoms with van der Waals surface area (Å²) in [6, 6.07) is 12.4. The molecule has 0 aliphatic heterocycles. The molecule has 0 fully saturated rings. The molecule has 3 aromatic heterocycles. The summed E-state index contributed by atoms with van der Waals surface area (Å²) in [5, 5.41) is 11.8. The van der Waals surface area contributed by atoms with Crippen LogP contribution >= 0.6 is 11.6 Å². The third-order valence-corrected chi connectivity index (χ3v) is 5.48. The Bertz CT molecular complexity index is 1520. The Hall–Kier alpha value is -4.37. The van der Waals surface area contributed by atoms with Crippen molar-refractivity contribution in [3.8, 4) is 11.4 Å². The molecular formula is C24H19ClN8O. The average Bonchev–Trinajstić information content (AvgIpc) is 3.22. The Kier molecular flexibility index (Phi) is 5.60. The molecule has 5 aromatic rings. The molecule has 10 heteroatoms. The molecule has 9 nitrogen and oxygen atoms in total. The van der Waals surface area contributed by atoms with Crippen molar-refractivity contribution >= 4 is 45.7 Å². The summed E-state index contributed by atoms with van der Waals surface area (Å²) in [4.78, 5) is 30.3. The summed E-state index contributed by atoms with van der Waals surface area (Å²) >= 11 is 6.03. The molecule has 0 radical (unpaired) electrons. The SMILES string of the molecule is Cc1ccc(C(=O)Nc2cccc(Cl)c2)cc1Nc1nc(-c2cncnc2)nc2c1cnn2C. The number of rotatable bonds is 5. The summed E-state index contributed by atoms with van der Waals surface area (Å²) in [5.74, 6) is 0.779. The van der Waals surface area contributed by atoms with E-state index in [0.717, 1.165) is 16.6 Å². The Labute approximate surface area is 199 Å². The molecule has 168 valence electrons. The van der Waals surface area contributed by atoms with Crippen LogP contribution in [0.25, 0.3) is 22.4 Å². The Morgan fingerprint density at radius 1 is 1.03 bits per heavy atom. The minimum atomic E-state index is -0.248. The van der Waals surface area contributed by atoms with E-state index in [4.69, 9.17) is 16.6 Å². The van der Waals surface area contributed by atoms with Crippen molar-refractivity contribution in [3.63, 3.8) is 0 Å². The molecule has 0 saturated heterocycles. The fourth-order valence-corrected chi connectivity index (χ4v) is 3.65. The van der Waals surface area contributed by atoms with E-state index in [1.54, 1.807) is 59.7 Å². The molecule has 0 bridgehead atoms. The number of hydrogen-bond donors (Lipinski definition) is 2. The molecule has 5 rings (SSSR count). The molecule has 1 amide bonds. The van der Waals surface area contributed by atoms with Crippen LogP contribution in [0.3, 0.4) is 0 Å². The van der Waals surface area contributed by atoms with Crippen molar-refractivity contribution in [2.45, 2.75) is 6.92 Å². The lowest BCUT2D eigenvalue weighted by Crippen LogP contribution is -2.12.